The summed E-state index contributed by atoms with van der Waals surface area (Å²) in [6.45, 7) is 3.64. The first-order valence-corrected chi connectivity index (χ1v) is 12.6. The number of halogens is 6. The van der Waals surface area contributed by atoms with E-state index in [0.29, 0.717) is 22.3 Å². The molecule has 0 aromatic heterocycles. The van der Waals surface area contributed by atoms with Gasteiger partial charge in [-0.1, -0.05) is 0 Å². The smallest absolute Gasteiger partial charge is 0.422 e. The van der Waals surface area contributed by atoms with Crippen molar-refractivity contribution in [1.29, 1.82) is 0 Å². The Morgan fingerprint density at radius 1 is 1.00 bits per heavy atom. The summed E-state index contributed by atoms with van der Waals surface area (Å²) in [5, 5.41) is 3.04. The number of benzene rings is 1. The molecule has 0 radical (unpaired) electrons. The van der Waals surface area contributed by atoms with E-state index >= 15 is 0 Å². The molecule has 0 saturated heterocycles. The van der Waals surface area contributed by atoms with Crippen LogP contribution in [0.2, 0.25) is 0 Å². The minimum Gasteiger partial charge on any atom is -0.484 e. The van der Waals surface area contributed by atoms with Gasteiger partial charge in [0.15, 0.2) is 13.2 Å². The highest BCUT2D eigenvalue weighted by Crippen LogP contribution is 2.51. The third-order valence-corrected chi connectivity index (χ3v) is 6.19. The number of hydrogen-bond donors (Lipinski definition) is 1. The molecule has 1 unspecified atom stereocenters. The van der Waals surface area contributed by atoms with Crippen LogP contribution in [-0.4, -0.2) is 44.8 Å². The van der Waals surface area contributed by atoms with Gasteiger partial charge in [-0.2, -0.15) is 26.3 Å². The number of hydrogen-bond acceptors (Lipinski definition) is 5. The average Bonchev–Trinajstić information content (AvgIpc) is 2.61. The van der Waals surface area contributed by atoms with Gasteiger partial charge >= 0.3 is 12.4 Å². The average molecular weight is 507 g/mol. The van der Waals surface area contributed by atoms with Crippen molar-refractivity contribution in [2.24, 2.45) is 0 Å². The third-order valence-electron chi connectivity index (χ3n) is 4.54. The van der Waals surface area contributed by atoms with Crippen LogP contribution in [0.5, 0.6) is 5.75 Å². The zero-order chi connectivity index (χ0) is 25.1. The van der Waals surface area contributed by atoms with Crippen molar-refractivity contribution in [3.63, 3.8) is 0 Å². The molecule has 4 nitrogen and oxygen atoms in total. The van der Waals surface area contributed by atoms with Crippen molar-refractivity contribution in [1.82, 2.24) is 5.32 Å². The largest absolute Gasteiger partial charge is 0.484 e. The molecule has 1 atom stereocenters. The Balaban J connectivity index is 3.44. The number of ether oxygens (including phenoxy) is 1. The molecule has 0 aliphatic carbocycles. The summed E-state index contributed by atoms with van der Waals surface area (Å²) in [4.78, 5) is 0. The zero-order valence-electron chi connectivity index (χ0n) is 18.9. The van der Waals surface area contributed by atoms with Gasteiger partial charge in [0.1, 0.15) is 11.5 Å². The number of alkyl halides is 6. The van der Waals surface area contributed by atoms with Gasteiger partial charge in [0.05, 0.1) is 5.54 Å². The summed E-state index contributed by atoms with van der Waals surface area (Å²) in [5.41, 5.74) is 1.60. The lowest BCUT2D eigenvalue weighted by molar-refractivity contribution is -0.154. The third kappa shape index (κ3) is 8.92. The van der Waals surface area contributed by atoms with Gasteiger partial charge in [-0.25, -0.2) is 0 Å². The van der Waals surface area contributed by atoms with Crippen molar-refractivity contribution in [3.05, 3.63) is 34.6 Å². The summed E-state index contributed by atoms with van der Waals surface area (Å²) >= 11 is 5.21. The van der Waals surface area contributed by atoms with Crippen LogP contribution >= 0.6 is 6.49 Å². The number of aryl methyl sites for hydroxylation is 2. The predicted octanol–water partition coefficient (Wildman–Crippen LogP) is 6.51. The molecule has 0 aliphatic heterocycles. The van der Waals surface area contributed by atoms with E-state index < -0.39 is 37.6 Å². The lowest BCUT2D eigenvalue weighted by Gasteiger charge is -2.33. The highest BCUT2D eigenvalue weighted by atomic mass is 32.5. The molecule has 0 fully saturated rings. The molecule has 1 N–H and O–H groups in total. The van der Waals surface area contributed by atoms with Crippen molar-refractivity contribution >= 4 is 23.9 Å². The van der Waals surface area contributed by atoms with Crippen LogP contribution < -0.4 is 10.1 Å². The lowest BCUT2D eigenvalue weighted by atomic mass is 9.90. The highest BCUT2D eigenvalue weighted by Gasteiger charge is 2.34. The predicted molar refractivity (Wildman–Crippen MR) is 116 cm³/mol. The van der Waals surface area contributed by atoms with Crippen LogP contribution in [0.4, 0.5) is 26.3 Å². The number of nitrogens with one attached hydrogen (secondary N) is 1. The van der Waals surface area contributed by atoms with Gasteiger partial charge in [0, 0.05) is 6.66 Å². The van der Waals surface area contributed by atoms with Gasteiger partial charge in [-0.3, -0.25) is 0 Å². The van der Waals surface area contributed by atoms with Gasteiger partial charge in [-0.05, 0) is 87.9 Å². The molecule has 12 heteroatoms. The van der Waals surface area contributed by atoms with E-state index in [9.17, 15) is 26.3 Å². The van der Waals surface area contributed by atoms with E-state index in [2.05, 4.69) is 5.32 Å². The first-order valence-electron chi connectivity index (χ1n) is 9.48. The van der Waals surface area contributed by atoms with E-state index in [0.717, 1.165) is 0 Å². The van der Waals surface area contributed by atoms with Crippen molar-refractivity contribution in [3.8, 4) is 5.75 Å². The SMILES string of the molecule is CNC(C)(C)/C(OP(C)(=S)OCC(F)(F)F)=C(\C)c1c(C)cc(OCC(F)(F)F)cc1C. The van der Waals surface area contributed by atoms with E-state index in [1.807, 2.05) is 0 Å². The van der Waals surface area contributed by atoms with E-state index in [1.54, 1.807) is 41.7 Å². The van der Waals surface area contributed by atoms with Gasteiger partial charge in [0.25, 0.3) is 0 Å². The number of allylic oxidation sites excluding steroid dienone is 1. The van der Waals surface area contributed by atoms with Crippen LogP contribution in [0.1, 0.15) is 37.5 Å². The molecule has 1 aromatic rings. The van der Waals surface area contributed by atoms with Crippen molar-refractivity contribution in [2.75, 3.05) is 26.9 Å². The molecule has 0 aliphatic rings. The maximum Gasteiger partial charge on any atom is 0.422 e. The molecule has 184 valence electrons. The number of rotatable bonds is 9. The maximum atomic E-state index is 12.6. The Bertz CT molecular complexity index is 873. The Morgan fingerprint density at radius 2 is 1.47 bits per heavy atom. The first-order chi connectivity index (χ1) is 14.3. The lowest BCUT2D eigenvalue weighted by Crippen LogP contribution is -2.39. The summed E-state index contributed by atoms with van der Waals surface area (Å²) in [7, 11) is 1.65. The van der Waals surface area contributed by atoms with Crippen molar-refractivity contribution in [2.45, 2.75) is 52.5 Å². The summed E-state index contributed by atoms with van der Waals surface area (Å²) in [5.74, 6) is 0.335. The molecule has 0 amide bonds. The van der Waals surface area contributed by atoms with Crippen molar-refractivity contribution < 1.29 is 40.1 Å². The van der Waals surface area contributed by atoms with E-state index in [1.165, 1.54) is 18.8 Å². The maximum absolute atomic E-state index is 12.6. The summed E-state index contributed by atoms with van der Waals surface area (Å²) in [6, 6.07) is 2.92. The molecule has 0 saturated carbocycles. The Hall–Kier alpha value is -1.29. The number of likely N-dealkylation sites (N-methyl/N-ethyl adjacent to an activating group) is 1. The molecular formula is C20H28F6NO3PS. The monoisotopic (exact) mass is 507 g/mol. The van der Waals surface area contributed by atoms with Gasteiger partial charge < -0.3 is 19.1 Å². The molecule has 0 heterocycles. The second kappa shape index (κ2) is 10.3. The van der Waals surface area contributed by atoms with Gasteiger partial charge in [0.2, 0.25) is 6.49 Å². The molecule has 0 spiro atoms. The van der Waals surface area contributed by atoms with E-state index in [-0.39, 0.29) is 11.5 Å². The minimum absolute atomic E-state index is 0.0540. The molecule has 0 bridgehead atoms. The van der Waals surface area contributed by atoms with Crippen LogP contribution in [-0.2, 0) is 20.9 Å². The zero-order valence-corrected chi connectivity index (χ0v) is 20.6. The topological polar surface area (TPSA) is 39.7 Å². The standard InChI is InChI=1S/C20H28F6NO3PS/c1-12-8-15(28-10-19(21,22)23)9-13(2)16(12)14(3)17(18(4,5)27-6)30-31(7,32)29-11-20(24,25)26/h8-9,27H,10-11H2,1-7H3/b17-14-. The summed E-state index contributed by atoms with van der Waals surface area (Å²) in [6.07, 6.45) is -9.03. The Kier molecular flexibility index (Phi) is 9.27. The second-order valence-electron chi connectivity index (χ2n) is 7.92. The second-order valence-corrected chi connectivity index (χ2v) is 11.9. The summed E-state index contributed by atoms with van der Waals surface area (Å²) < 4.78 is 90.9. The highest BCUT2D eigenvalue weighted by molar-refractivity contribution is 8.09. The fraction of sp³-hybridized carbons (Fsp3) is 0.600. The van der Waals surface area contributed by atoms with Crippen LogP contribution in [0.15, 0.2) is 17.9 Å². The fourth-order valence-corrected chi connectivity index (χ4v) is 4.54. The Morgan fingerprint density at radius 3 is 1.88 bits per heavy atom. The Labute approximate surface area is 189 Å². The molecule has 1 aromatic carbocycles. The fourth-order valence-electron chi connectivity index (χ4n) is 3.02. The van der Waals surface area contributed by atoms with Gasteiger partial charge in [-0.15, -0.1) is 0 Å². The van der Waals surface area contributed by atoms with Crippen LogP contribution in [0.25, 0.3) is 5.57 Å². The van der Waals surface area contributed by atoms with Crippen LogP contribution in [0.3, 0.4) is 0 Å². The quantitative estimate of drug-likeness (QED) is 0.235. The first kappa shape index (κ1) is 28.7. The molecule has 32 heavy (non-hydrogen) atoms. The van der Waals surface area contributed by atoms with E-state index in [4.69, 9.17) is 25.6 Å². The molecule has 1 rings (SSSR count). The molecular weight excluding hydrogens is 479 g/mol. The normalized spacial score (nSPS) is 15.8. The van der Waals surface area contributed by atoms with Crippen LogP contribution in [0, 0.1) is 13.8 Å². The minimum atomic E-state index is -4.56.